The number of carbonyl (C=O) groups excluding carboxylic acids is 2. The quantitative estimate of drug-likeness (QED) is 0.333. The highest BCUT2D eigenvalue weighted by molar-refractivity contribution is 5.83. The number of piperidine rings is 2. The molecular formula is C20H37N7O3. The number of carbonyl (C=O) groups is 2. The monoisotopic (exact) mass is 423 g/mol. The average Bonchev–Trinajstić information content (AvgIpc) is 3.28. The Labute approximate surface area is 178 Å². The first-order chi connectivity index (χ1) is 14.5. The van der Waals surface area contributed by atoms with E-state index in [0.29, 0.717) is 18.6 Å². The molecule has 0 aromatic heterocycles. The van der Waals surface area contributed by atoms with E-state index in [-0.39, 0.29) is 36.2 Å². The Bertz CT molecular complexity index is 607. The maximum Gasteiger partial charge on any atom is 0.312 e. The van der Waals surface area contributed by atoms with Crippen molar-refractivity contribution in [3.8, 4) is 0 Å². The number of rotatable bonds is 5. The van der Waals surface area contributed by atoms with Crippen LogP contribution >= 0.6 is 0 Å². The third-order valence-electron chi connectivity index (χ3n) is 6.98. The molecule has 10 nitrogen and oxygen atoms in total. The molecule has 4 rings (SSSR count). The third-order valence-corrected chi connectivity index (χ3v) is 6.98. The summed E-state index contributed by atoms with van der Waals surface area (Å²) in [5.41, 5.74) is 6.48. The molecule has 4 aliphatic heterocycles. The SMILES string of the molecule is CCOC(=O)C1CC2CN(C)CCC2NC1NC(=O)C1CCC(N2CCNC2)NN1. The van der Waals surface area contributed by atoms with E-state index in [1.807, 2.05) is 6.92 Å². The summed E-state index contributed by atoms with van der Waals surface area (Å²) in [6, 6.07) is 0.0123. The average molecular weight is 424 g/mol. The van der Waals surface area contributed by atoms with Crippen molar-refractivity contribution in [3.05, 3.63) is 0 Å². The van der Waals surface area contributed by atoms with Gasteiger partial charge in [-0.3, -0.25) is 19.8 Å². The van der Waals surface area contributed by atoms with Crippen molar-refractivity contribution in [3.63, 3.8) is 0 Å². The van der Waals surface area contributed by atoms with Gasteiger partial charge in [-0.2, -0.15) is 0 Å². The van der Waals surface area contributed by atoms with Crippen LogP contribution < -0.4 is 26.8 Å². The van der Waals surface area contributed by atoms with Gasteiger partial charge in [-0.25, -0.2) is 10.9 Å². The topological polar surface area (TPSA) is 110 Å². The van der Waals surface area contributed by atoms with Gasteiger partial charge in [0.1, 0.15) is 6.04 Å². The predicted octanol–water partition coefficient (Wildman–Crippen LogP) is -1.63. The molecule has 4 heterocycles. The van der Waals surface area contributed by atoms with E-state index in [0.717, 1.165) is 58.5 Å². The highest BCUT2D eigenvalue weighted by Crippen LogP contribution is 2.30. The Morgan fingerprint density at radius 1 is 1.17 bits per heavy atom. The van der Waals surface area contributed by atoms with Gasteiger partial charge in [-0.1, -0.05) is 0 Å². The fourth-order valence-corrected chi connectivity index (χ4v) is 5.29. The lowest BCUT2D eigenvalue weighted by molar-refractivity contribution is -0.152. The van der Waals surface area contributed by atoms with E-state index in [2.05, 4.69) is 43.6 Å². The van der Waals surface area contributed by atoms with Crippen molar-refractivity contribution < 1.29 is 14.3 Å². The van der Waals surface area contributed by atoms with Gasteiger partial charge in [0.2, 0.25) is 5.91 Å². The Morgan fingerprint density at radius 3 is 2.73 bits per heavy atom. The highest BCUT2D eigenvalue weighted by Gasteiger charge is 2.44. The molecule has 0 radical (unpaired) electrons. The zero-order valence-corrected chi connectivity index (χ0v) is 18.2. The molecule has 0 aliphatic carbocycles. The van der Waals surface area contributed by atoms with Crippen molar-refractivity contribution in [2.45, 2.75) is 57.0 Å². The molecule has 0 aromatic carbocycles. The van der Waals surface area contributed by atoms with E-state index in [1.54, 1.807) is 0 Å². The summed E-state index contributed by atoms with van der Waals surface area (Å²) in [5.74, 6) is -0.255. The Hall–Kier alpha value is -1.30. The second-order valence-corrected chi connectivity index (χ2v) is 9.07. The number of likely N-dealkylation sites (tertiary alicyclic amines) is 1. The van der Waals surface area contributed by atoms with Crippen molar-refractivity contribution in [2.24, 2.45) is 11.8 Å². The summed E-state index contributed by atoms with van der Waals surface area (Å²) in [4.78, 5) is 30.3. The van der Waals surface area contributed by atoms with E-state index in [1.165, 1.54) is 0 Å². The summed E-state index contributed by atoms with van der Waals surface area (Å²) >= 11 is 0. The summed E-state index contributed by atoms with van der Waals surface area (Å²) in [5, 5.41) is 10.0. The van der Waals surface area contributed by atoms with Gasteiger partial charge in [-0.15, -0.1) is 0 Å². The molecule has 4 aliphatic rings. The maximum atomic E-state index is 13.0. The van der Waals surface area contributed by atoms with E-state index in [4.69, 9.17) is 4.74 Å². The zero-order valence-electron chi connectivity index (χ0n) is 18.2. The number of amides is 1. The number of nitrogens with zero attached hydrogens (tertiary/aromatic N) is 2. The number of ether oxygens (including phenoxy) is 1. The van der Waals surface area contributed by atoms with Crippen molar-refractivity contribution in [2.75, 3.05) is 46.5 Å². The molecular weight excluding hydrogens is 386 g/mol. The lowest BCUT2D eigenvalue weighted by Crippen LogP contribution is -2.67. The summed E-state index contributed by atoms with van der Waals surface area (Å²) in [6.45, 7) is 7.06. The summed E-state index contributed by atoms with van der Waals surface area (Å²) in [7, 11) is 2.12. The van der Waals surface area contributed by atoms with Crippen LogP contribution in [0.25, 0.3) is 0 Å². The summed E-state index contributed by atoms with van der Waals surface area (Å²) in [6.07, 6.45) is 3.29. The Balaban J connectivity index is 1.34. The number of nitrogens with one attached hydrogen (secondary N) is 5. The first kappa shape index (κ1) is 21.9. The molecule has 4 fully saturated rings. The van der Waals surface area contributed by atoms with E-state index >= 15 is 0 Å². The molecule has 0 aromatic rings. The minimum Gasteiger partial charge on any atom is -0.466 e. The van der Waals surface area contributed by atoms with Crippen LogP contribution in [0.15, 0.2) is 0 Å². The molecule has 6 atom stereocenters. The van der Waals surface area contributed by atoms with Crippen LogP contribution in [0.1, 0.15) is 32.6 Å². The first-order valence-corrected chi connectivity index (χ1v) is 11.4. The van der Waals surface area contributed by atoms with Crippen LogP contribution in [0.2, 0.25) is 0 Å². The normalized spacial score (nSPS) is 38.1. The van der Waals surface area contributed by atoms with Crippen LogP contribution in [0.3, 0.4) is 0 Å². The second-order valence-electron chi connectivity index (χ2n) is 9.07. The standard InChI is InChI=1S/C20H37N7O3/c1-3-30-20(29)14-10-13-11-26(2)8-6-15(13)22-18(14)23-19(28)16-4-5-17(25-24-16)27-9-7-21-12-27/h13-18,21-22,24-25H,3-12H2,1-2H3,(H,23,28). The Morgan fingerprint density at radius 2 is 2.03 bits per heavy atom. The largest absolute Gasteiger partial charge is 0.466 e. The molecule has 170 valence electrons. The molecule has 5 N–H and O–H groups in total. The molecule has 6 unspecified atom stereocenters. The fourth-order valence-electron chi connectivity index (χ4n) is 5.29. The summed E-state index contributed by atoms with van der Waals surface area (Å²) < 4.78 is 5.33. The lowest BCUT2D eigenvalue weighted by Gasteiger charge is -2.46. The van der Waals surface area contributed by atoms with Crippen molar-refractivity contribution in [1.29, 1.82) is 0 Å². The molecule has 30 heavy (non-hydrogen) atoms. The van der Waals surface area contributed by atoms with Crippen molar-refractivity contribution in [1.82, 2.24) is 36.6 Å². The minimum absolute atomic E-state index is 0.0707. The van der Waals surface area contributed by atoms with Gasteiger partial charge in [-0.05, 0) is 52.1 Å². The number of fused-ring (bicyclic) bond motifs is 1. The Kier molecular flexibility index (Phi) is 7.22. The highest BCUT2D eigenvalue weighted by atomic mass is 16.5. The lowest BCUT2D eigenvalue weighted by atomic mass is 9.79. The number of hydrogen-bond acceptors (Lipinski definition) is 9. The minimum atomic E-state index is -0.386. The number of hydrazine groups is 1. The van der Waals surface area contributed by atoms with Crippen molar-refractivity contribution >= 4 is 11.9 Å². The number of hydrogen-bond donors (Lipinski definition) is 5. The zero-order chi connectivity index (χ0) is 21.1. The molecule has 0 spiro atoms. The predicted molar refractivity (Wildman–Crippen MR) is 112 cm³/mol. The van der Waals surface area contributed by atoms with Gasteiger partial charge in [0.25, 0.3) is 0 Å². The smallest absolute Gasteiger partial charge is 0.312 e. The molecule has 1 amide bonds. The van der Waals surface area contributed by atoms with Crippen LogP contribution in [0, 0.1) is 11.8 Å². The van der Waals surface area contributed by atoms with Gasteiger partial charge in [0.15, 0.2) is 0 Å². The molecule has 0 saturated carbocycles. The van der Waals surface area contributed by atoms with Crippen LogP contribution in [0.4, 0.5) is 0 Å². The first-order valence-electron chi connectivity index (χ1n) is 11.4. The second kappa shape index (κ2) is 9.88. The van der Waals surface area contributed by atoms with Crippen LogP contribution in [0.5, 0.6) is 0 Å². The molecule has 4 saturated heterocycles. The maximum absolute atomic E-state index is 13.0. The number of esters is 1. The van der Waals surface area contributed by atoms with Gasteiger partial charge >= 0.3 is 5.97 Å². The molecule has 10 heteroatoms. The van der Waals surface area contributed by atoms with Crippen LogP contribution in [-0.2, 0) is 14.3 Å². The fraction of sp³-hybridized carbons (Fsp3) is 0.900. The van der Waals surface area contributed by atoms with Gasteiger partial charge < -0.3 is 20.3 Å². The van der Waals surface area contributed by atoms with Gasteiger partial charge in [0, 0.05) is 32.3 Å². The third kappa shape index (κ3) is 4.95. The van der Waals surface area contributed by atoms with Crippen LogP contribution in [-0.4, -0.2) is 92.6 Å². The van der Waals surface area contributed by atoms with E-state index < -0.39 is 0 Å². The molecule has 0 bridgehead atoms. The van der Waals surface area contributed by atoms with Gasteiger partial charge in [0.05, 0.1) is 24.9 Å². The van der Waals surface area contributed by atoms with E-state index in [9.17, 15) is 9.59 Å².